The molecule has 1 aliphatic carbocycles. The molecule has 0 saturated carbocycles. The van der Waals surface area contributed by atoms with Gasteiger partial charge in [-0.3, -0.25) is 4.79 Å². The lowest BCUT2D eigenvalue weighted by molar-refractivity contribution is 0.0707. The Hall–Kier alpha value is -2.70. The Morgan fingerprint density at radius 1 is 1.21 bits per heavy atom. The van der Waals surface area contributed by atoms with E-state index in [2.05, 4.69) is 22.2 Å². The van der Waals surface area contributed by atoms with Crippen molar-refractivity contribution < 1.29 is 9.32 Å². The summed E-state index contributed by atoms with van der Waals surface area (Å²) >= 11 is 0. The molecule has 1 amide bonds. The van der Waals surface area contributed by atoms with Gasteiger partial charge in [0, 0.05) is 36.0 Å². The highest BCUT2D eigenvalue weighted by atomic mass is 16.5. The van der Waals surface area contributed by atoms with Crippen LogP contribution >= 0.6 is 0 Å². The third kappa shape index (κ3) is 3.12. The molecule has 1 atom stereocenters. The maximum atomic E-state index is 13.2. The molecule has 152 valence electrons. The Morgan fingerprint density at radius 2 is 2.00 bits per heavy atom. The van der Waals surface area contributed by atoms with E-state index in [9.17, 15) is 4.79 Å². The van der Waals surface area contributed by atoms with Crippen molar-refractivity contribution >= 4 is 11.6 Å². The zero-order valence-corrected chi connectivity index (χ0v) is 17.3. The molecule has 7 heteroatoms. The molecule has 4 heterocycles. The number of hydrogen-bond donors (Lipinski definition) is 0. The molecule has 1 saturated heterocycles. The summed E-state index contributed by atoms with van der Waals surface area (Å²) in [6.07, 6.45) is 6.76. The maximum Gasteiger partial charge on any atom is 0.259 e. The van der Waals surface area contributed by atoms with Crippen LogP contribution in [0.15, 0.2) is 16.8 Å². The third-order valence-electron chi connectivity index (χ3n) is 6.49. The predicted molar refractivity (Wildman–Crippen MR) is 108 cm³/mol. The van der Waals surface area contributed by atoms with Crippen LogP contribution in [-0.4, -0.2) is 43.7 Å². The van der Waals surface area contributed by atoms with Crippen molar-refractivity contribution in [2.24, 2.45) is 5.92 Å². The van der Waals surface area contributed by atoms with E-state index in [1.165, 1.54) is 12.0 Å². The van der Waals surface area contributed by atoms with E-state index in [0.29, 0.717) is 23.0 Å². The van der Waals surface area contributed by atoms with Crippen LogP contribution in [0.25, 0.3) is 5.65 Å². The van der Waals surface area contributed by atoms with Gasteiger partial charge in [-0.25, -0.2) is 9.50 Å². The second-order valence-corrected chi connectivity index (χ2v) is 8.72. The molecule has 3 aromatic heterocycles. The number of carbonyl (C=O) groups excluding carboxylic acids is 1. The van der Waals surface area contributed by atoms with Gasteiger partial charge in [-0.1, -0.05) is 12.1 Å². The summed E-state index contributed by atoms with van der Waals surface area (Å²) in [5, 5.41) is 8.71. The monoisotopic (exact) mass is 393 g/mol. The van der Waals surface area contributed by atoms with E-state index in [1.807, 2.05) is 24.8 Å². The highest BCUT2D eigenvalue weighted by Gasteiger charge is 2.32. The van der Waals surface area contributed by atoms with Crippen LogP contribution in [0.2, 0.25) is 0 Å². The van der Waals surface area contributed by atoms with Gasteiger partial charge in [0.25, 0.3) is 5.91 Å². The number of fused-ring (bicyclic) bond motifs is 2. The van der Waals surface area contributed by atoms with Gasteiger partial charge in [0.2, 0.25) is 0 Å². The van der Waals surface area contributed by atoms with Crippen molar-refractivity contribution in [2.75, 3.05) is 13.1 Å². The van der Waals surface area contributed by atoms with Crippen molar-refractivity contribution in [3.8, 4) is 0 Å². The fraction of sp³-hybridized carbons (Fsp3) is 0.545. The first-order valence-corrected chi connectivity index (χ1v) is 10.6. The van der Waals surface area contributed by atoms with Crippen molar-refractivity contribution in [2.45, 2.75) is 58.8 Å². The average Bonchev–Trinajstić information content (AvgIpc) is 3.31. The van der Waals surface area contributed by atoms with Crippen LogP contribution in [0.1, 0.15) is 70.9 Å². The first kappa shape index (κ1) is 18.3. The van der Waals surface area contributed by atoms with Gasteiger partial charge in [0.05, 0.1) is 11.9 Å². The molecule has 0 radical (unpaired) electrons. The first-order chi connectivity index (χ1) is 14.0. The topological polar surface area (TPSA) is 76.5 Å². The lowest BCUT2D eigenvalue weighted by Gasteiger charge is -2.31. The molecule has 2 aliphatic rings. The Morgan fingerprint density at radius 3 is 2.79 bits per heavy atom. The zero-order chi connectivity index (χ0) is 20.1. The van der Waals surface area contributed by atoms with E-state index in [-0.39, 0.29) is 5.91 Å². The zero-order valence-electron chi connectivity index (χ0n) is 17.3. The molecular weight excluding hydrogens is 366 g/mol. The number of carbonyl (C=O) groups is 1. The highest BCUT2D eigenvalue weighted by Crippen LogP contribution is 2.36. The van der Waals surface area contributed by atoms with Crippen LogP contribution < -0.4 is 0 Å². The lowest BCUT2D eigenvalue weighted by atomic mass is 9.83. The number of aromatic nitrogens is 4. The summed E-state index contributed by atoms with van der Waals surface area (Å²) in [4.78, 5) is 19.6. The second-order valence-electron chi connectivity index (χ2n) is 8.72. The fourth-order valence-corrected chi connectivity index (χ4v) is 4.86. The molecular formula is C22H27N5O2. The lowest BCUT2D eigenvalue weighted by Crippen LogP contribution is -2.38. The summed E-state index contributed by atoms with van der Waals surface area (Å²) < 4.78 is 7.53. The summed E-state index contributed by atoms with van der Waals surface area (Å²) in [6, 6.07) is 1.97. The summed E-state index contributed by atoms with van der Waals surface area (Å²) in [5.41, 5.74) is 5.60. The molecule has 0 bridgehead atoms. The van der Waals surface area contributed by atoms with Gasteiger partial charge in [-0.05, 0) is 57.9 Å². The normalized spacial score (nSPS) is 20.2. The van der Waals surface area contributed by atoms with Gasteiger partial charge in [-0.15, -0.1) is 0 Å². The van der Waals surface area contributed by atoms with E-state index < -0.39 is 0 Å². The van der Waals surface area contributed by atoms with Crippen LogP contribution in [0.5, 0.6) is 0 Å². The van der Waals surface area contributed by atoms with Gasteiger partial charge in [-0.2, -0.15) is 5.10 Å². The second kappa shape index (κ2) is 6.97. The summed E-state index contributed by atoms with van der Waals surface area (Å²) in [6.45, 7) is 7.66. The number of rotatable bonds is 2. The van der Waals surface area contributed by atoms with E-state index >= 15 is 0 Å². The van der Waals surface area contributed by atoms with Crippen molar-refractivity contribution in [3.05, 3.63) is 46.2 Å². The smallest absolute Gasteiger partial charge is 0.259 e. The number of aryl methyl sites for hydroxylation is 3. The molecule has 5 rings (SSSR count). The highest BCUT2D eigenvalue weighted by molar-refractivity contribution is 5.99. The molecule has 1 fully saturated rings. The minimum absolute atomic E-state index is 0.0178. The third-order valence-corrected chi connectivity index (χ3v) is 6.49. The molecule has 0 N–H and O–H groups in total. The predicted octanol–water partition coefficient (Wildman–Crippen LogP) is 3.48. The molecule has 0 aromatic carbocycles. The Bertz CT molecular complexity index is 1070. The van der Waals surface area contributed by atoms with Gasteiger partial charge in [0.15, 0.2) is 5.65 Å². The van der Waals surface area contributed by atoms with Crippen molar-refractivity contribution in [1.29, 1.82) is 0 Å². The molecule has 0 spiro atoms. The number of likely N-dealkylation sites (tertiary alicyclic amines) is 1. The minimum Gasteiger partial charge on any atom is -0.361 e. The minimum atomic E-state index is 0.0178. The molecule has 1 aliphatic heterocycles. The number of hydrogen-bond acceptors (Lipinski definition) is 5. The molecule has 29 heavy (non-hydrogen) atoms. The van der Waals surface area contributed by atoms with Crippen LogP contribution in [0.4, 0.5) is 0 Å². The molecule has 3 aromatic rings. The quantitative estimate of drug-likeness (QED) is 0.666. The van der Waals surface area contributed by atoms with Crippen LogP contribution in [-0.2, 0) is 12.8 Å². The Balaban J connectivity index is 1.33. The Labute approximate surface area is 170 Å². The van der Waals surface area contributed by atoms with Crippen LogP contribution in [0, 0.1) is 19.8 Å². The van der Waals surface area contributed by atoms with E-state index in [0.717, 1.165) is 61.6 Å². The standard InChI is InChI=1S/C22H27N5O2/c1-13-4-5-19-17(10-13)20(29-25-19)16-6-8-26(9-7-16)22(28)18-12-23-27-15(3)11-14(2)24-21(18)27/h11-13,16H,4-10H2,1-3H3/t13-/m1/s1. The van der Waals surface area contributed by atoms with Gasteiger partial charge < -0.3 is 9.42 Å². The molecule has 0 unspecified atom stereocenters. The average molecular weight is 393 g/mol. The summed E-state index contributed by atoms with van der Waals surface area (Å²) in [7, 11) is 0. The van der Waals surface area contributed by atoms with Crippen LogP contribution in [0.3, 0.4) is 0 Å². The summed E-state index contributed by atoms with van der Waals surface area (Å²) in [5.74, 6) is 2.14. The van der Waals surface area contributed by atoms with Crippen molar-refractivity contribution in [1.82, 2.24) is 24.7 Å². The van der Waals surface area contributed by atoms with E-state index in [1.54, 1.807) is 10.7 Å². The fourth-order valence-electron chi connectivity index (χ4n) is 4.86. The maximum absolute atomic E-state index is 13.2. The number of piperidine rings is 1. The molecule has 7 nitrogen and oxygen atoms in total. The van der Waals surface area contributed by atoms with Crippen molar-refractivity contribution in [3.63, 3.8) is 0 Å². The SMILES string of the molecule is Cc1cc(C)n2ncc(C(=O)N3CCC(c4onc5c4C[C@H](C)CC5)CC3)c2n1. The first-order valence-electron chi connectivity index (χ1n) is 10.6. The van der Waals surface area contributed by atoms with E-state index in [4.69, 9.17) is 4.52 Å². The number of nitrogens with zero attached hydrogens (tertiary/aromatic N) is 5. The van der Waals surface area contributed by atoms with Gasteiger partial charge >= 0.3 is 0 Å². The largest absolute Gasteiger partial charge is 0.361 e. The number of amides is 1. The Kier molecular flexibility index (Phi) is 4.41. The van der Waals surface area contributed by atoms with Gasteiger partial charge in [0.1, 0.15) is 11.3 Å².